The van der Waals surface area contributed by atoms with Crippen molar-refractivity contribution in [2.24, 2.45) is 0 Å². The van der Waals surface area contributed by atoms with Crippen LogP contribution in [0.5, 0.6) is 17.2 Å². The van der Waals surface area contributed by atoms with Gasteiger partial charge in [0.25, 0.3) is 0 Å². The number of rotatable bonds is 9. The van der Waals surface area contributed by atoms with E-state index in [2.05, 4.69) is 5.32 Å². The van der Waals surface area contributed by atoms with Crippen molar-refractivity contribution in [1.29, 1.82) is 0 Å². The first kappa shape index (κ1) is 28.0. The first-order valence-electron chi connectivity index (χ1n) is 13.9. The van der Waals surface area contributed by atoms with Crippen LogP contribution in [0.1, 0.15) is 55.2 Å². The van der Waals surface area contributed by atoms with Gasteiger partial charge in [-0.25, -0.2) is 4.79 Å². The zero-order chi connectivity index (χ0) is 28.9. The van der Waals surface area contributed by atoms with E-state index in [4.69, 9.17) is 14.2 Å². The number of benzene rings is 3. The molecule has 1 aliphatic carbocycles. The number of carbonyl (C=O) groups is 2. The Morgan fingerprint density at radius 2 is 1.73 bits per heavy atom. The molecule has 1 aliphatic heterocycles. The summed E-state index contributed by atoms with van der Waals surface area (Å²) >= 11 is 0. The van der Waals surface area contributed by atoms with E-state index in [1.54, 1.807) is 25.3 Å². The predicted octanol–water partition coefficient (Wildman–Crippen LogP) is 5.95. The normalized spacial score (nSPS) is 18.5. The molecule has 3 aromatic carbocycles. The second-order valence-electron chi connectivity index (χ2n) is 10.3. The molecule has 1 heterocycles. The number of methoxy groups -OCH3 is 1. The Kier molecular flexibility index (Phi) is 8.43. The topological polar surface area (TPSA) is 94.1 Å². The van der Waals surface area contributed by atoms with Crippen molar-refractivity contribution in [3.05, 3.63) is 112 Å². The van der Waals surface area contributed by atoms with Crippen LogP contribution in [0.15, 0.2) is 95.3 Å². The highest BCUT2D eigenvalue weighted by molar-refractivity contribution is 6.04. The summed E-state index contributed by atoms with van der Waals surface area (Å²) in [6.45, 7) is 4.26. The summed E-state index contributed by atoms with van der Waals surface area (Å²) in [6, 6.07) is 22.6. The van der Waals surface area contributed by atoms with Crippen LogP contribution >= 0.6 is 0 Å². The van der Waals surface area contributed by atoms with Crippen molar-refractivity contribution in [3.8, 4) is 17.2 Å². The zero-order valence-corrected chi connectivity index (χ0v) is 23.6. The minimum Gasteiger partial charge on any atom is -0.504 e. The molecule has 7 heteroatoms. The number of carbonyl (C=O) groups excluding carboxylic acids is 2. The number of dihydropyridines is 1. The van der Waals surface area contributed by atoms with Gasteiger partial charge < -0.3 is 24.6 Å². The third-order valence-corrected chi connectivity index (χ3v) is 7.72. The van der Waals surface area contributed by atoms with Crippen molar-refractivity contribution in [2.75, 3.05) is 20.3 Å². The largest absolute Gasteiger partial charge is 0.504 e. The molecule has 7 nitrogen and oxygen atoms in total. The average molecular weight is 554 g/mol. The number of esters is 1. The molecule has 0 radical (unpaired) electrons. The third-order valence-electron chi connectivity index (χ3n) is 7.72. The van der Waals surface area contributed by atoms with Crippen LogP contribution in [-0.2, 0) is 20.7 Å². The fraction of sp³-hybridized carbons (Fsp3) is 0.294. The SMILES string of the molecule is CCOc1cc([C@H]2C(C(=O)OCCc3ccccc3)=C(C)NC3=C2C(=O)C[C@@H](c2ccc(OC)cc2)C3)ccc1O. The van der Waals surface area contributed by atoms with E-state index in [0.717, 1.165) is 22.6 Å². The minimum atomic E-state index is -0.653. The molecule has 0 bridgehead atoms. The Hall–Kier alpha value is -4.52. The quantitative estimate of drug-likeness (QED) is 0.317. The number of phenols is 1. The van der Waals surface area contributed by atoms with Crippen LogP contribution in [0.25, 0.3) is 0 Å². The van der Waals surface area contributed by atoms with E-state index in [0.29, 0.717) is 54.0 Å². The molecule has 5 rings (SSSR count). The lowest BCUT2D eigenvalue weighted by Crippen LogP contribution is -2.36. The van der Waals surface area contributed by atoms with E-state index in [-0.39, 0.29) is 24.1 Å². The summed E-state index contributed by atoms with van der Waals surface area (Å²) in [5.74, 6) is -0.0964. The molecule has 0 fully saturated rings. The Morgan fingerprint density at radius 1 is 1.00 bits per heavy atom. The number of ether oxygens (including phenoxy) is 3. The predicted molar refractivity (Wildman–Crippen MR) is 156 cm³/mol. The summed E-state index contributed by atoms with van der Waals surface area (Å²) in [4.78, 5) is 27.5. The van der Waals surface area contributed by atoms with Gasteiger partial charge in [-0.2, -0.15) is 0 Å². The lowest BCUT2D eigenvalue weighted by Gasteiger charge is -2.36. The summed E-state index contributed by atoms with van der Waals surface area (Å²) in [5.41, 5.74) is 5.21. The number of phenolic OH excluding ortho intramolecular Hbond substituents is 1. The number of aromatic hydroxyl groups is 1. The molecule has 2 aliphatic rings. The first-order valence-corrected chi connectivity index (χ1v) is 13.9. The molecule has 0 amide bonds. The van der Waals surface area contributed by atoms with Crippen molar-refractivity contribution < 1.29 is 28.9 Å². The van der Waals surface area contributed by atoms with Gasteiger partial charge in [-0.3, -0.25) is 4.79 Å². The molecule has 3 aromatic rings. The van der Waals surface area contributed by atoms with Crippen LogP contribution in [0.3, 0.4) is 0 Å². The monoisotopic (exact) mass is 553 g/mol. The maximum atomic E-state index is 13.9. The highest BCUT2D eigenvalue weighted by Crippen LogP contribution is 2.47. The van der Waals surface area contributed by atoms with Gasteiger partial charge in [-0.1, -0.05) is 48.5 Å². The standard InChI is InChI=1S/C34H35NO6/c1-4-40-30-20-24(12-15-28(30)36)32-31(34(38)41-17-16-22-8-6-5-7-9-22)21(2)35-27-18-25(19-29(37)33(27)32)23-10-13-26(39-3)14-11-23/h5-15,20,25,32,35-36H,4,16-19H2,1-3H3/t25-,32-/m0/s1. The number of hydrogen-bond acceptors (Lipinski definition) is 7. The van der Waals surface area contributed by atoms with Gasteiger partial charge in [-0.05, 0) is 67.1 Å². The van der Waals surface area contributed by atoms with Crippen LogP contribution in [0, 0.1) is 0 Å². The Morgan fingerprint density at radius 3 is 2.44 bits per heavy atom. The van der Waals surface area contributed by atoms with Crippen LogP contribution in [-0.4, -0.2) is 37.2 Å². The van der Waals surface area contributed by atoms with Crippen LogP contribution in [0.2, 0.25) is 0 Å². The Balaban J connectivity index is 1.49. The van der Waals surface area contributed by atoms with E-state index >= 15 is 0 Å². The number of hydrogen-bond donors (Lipinski definition) is 2. The molecule has 0 unspecified atom stereocenters. The zero-order valence-electron chi connectivity index (χ0n) is 23.6. The molecule has 0 saturated heterocycles. The molecule has 41 heavy (non-hydrogen) atoms. The fourth-order valence-corrected chi connectivity index (χ4v) is 5.72. The third kappa shape index (κ3) is 5.99. The van der Waals surface area contributed by atoms with Crippen molar-refractivity contribution in [3.63, 3.8) is 0 Å². The van der Waals surface area contributed by atoms with Gasteiger partial charge in [0.2, 0.25) is 0 Å². The molecule has 0 saturated carbocycles. The van der Waals surface area contributed by atoms with E-state index in [9.17, 15) is 14.7 Å². The van der Waals surface area contributed by atoms with E-state index in [1.165, 1.54) is 0 Å². The molecule has 2 atom stereocenters. The van der Waals surface area contributed by atoms with Gasteiger partial charge in [0.15, 0.2) is 17.3 Å². The summed E-state index contributed by atoms with van der Waals surface area (Å²) in [5, 5.41) is 13.8. The van der Waals surface area contributed by atoms with Gasteiger partial charge in [0.05, 0.1) is 25.9 Å². The van der Waals surface area contributed by atoms with Crippen molar-refractivity contribution in [1.82, 2.24) is 5.32 Å². The Labute approximate surface area is 240 Å². The van der Waals surface area contributed by atoms with Gasteiger partial charge in [0, 0.05) is 35.7 Å². The molecule has 212 valence electrons. The van der Waals surface area contributed by atoms with Gasteiger partial charge >= 0.3 is 5.97 Å². The highest BCUT2D eigenvalue weighted by atomic mass is 16.5. The number of Topliss-reactive ketones (excluding diaryl/α,β-unsaturated/α-hetero) is 1. The lowest BCUT2D eigenvalue weighted by molar-refractivity contribution is -0.139. The lowest BCUT2D eigenvalue weighted by atomic mass is 9.71. The van der Waals surface area contributed by atoms with Crippen LogP contribution in [0.4, 0.5) is 0 Å². The second-order valence-corrected chi connectivity index (χ2v) is 10.3. The van der Waals surface area contributed by atoms with Gasteiger partial charge in [0.1, 0.15) is 5.75 Å². The maximum absolute atomic E-state index is 13.9. The second kappa shape index (κ2) is 12.3. The number of allylic oxidation sites excluding steroid dienone is 3. The molecular formula is C34H35NO6. The van der Waals surface area contributed by atoms with E-state index in [1.807, 2.05) is 68.4 Å². The Bertz CT molecular complexity index is 1490. The summed E-state index contributed by atoms with van der Waals surface area (Å²) < 4.78 is 16.7. The molecular weight excluding hydrogens is 518 g/mol. The molecule has 2 N–H and O–H groups in total. The maximum Gasteiger partial charge on any atom is 0.336 e. The summed E-state index contributed by atoms with van der Waals surface area (Å²) in [6.07, 6.45) is 1.52. The van der Waals surface area contributed by atoms with E-state index < -0.39 is 11.9 Å². The highest BCUT2D eigenvalue weighted by Gasteiger charge is 2.41. The molecule has 0 spiro atoms. The van der Waals surface area contributed by atoms with Crippen molar-refractivity contribution in [2.45, 2.75) is 44.9 Å². The number of ketones is 1. The molecule has 0 aromatic heterocycles. The smallest absolute Gasteiger partial charge is 0.336 e. The van der Waals surface area contributed by atoms with Gasteiger partial charge in [-0.15, -0.1) is 0 Å². The average Bonchev–Trinajstić information content (AvgIpc) is 2.98. The fourth-order valence-electron chi connectivity index (χ4n) is 5.72. The minimum absolute atomic E-state index is 0.000895. The number of nitrogens with one attached hydrogen (secondary N) is 1. The van der Waals surface area contributed by atoms with Crippen LogP contribution < -0.4 is 14.8 Å². The van der Waals surface area contributed by atoms with Crippen molar-refractivity contribution >= 4 is 11.8 Å². The summed E-state index contributed by atoms with van der Waals surface area (Å²) in [7, 11) is 1.63. The first-order chi connectivity index (χ1) is 19.9.